The molecule has 2 aromatic rings. The van der Waals surface area contributed by atoms with Crippen molar-refractivity contribution in [1.29, 1.82) is 0 Å². The third-order valence-corrected chi connectivity index (χ3v) is 3.89. The first-order valence-corrected chi connectivity index (χ1v) is 6.72. The molecule has 0 amide bonds. The van der Waals surface area contributed by atoms with E-state index in [2.05, 4.69) is 56.8 Å². The van der Waals surface area contributed by atoms with Gasteiger partial charge in [0.1, 0.15) is 0 Å². The standard InChI is InChI=1S/C6H4B2Br3N4/c9-5-1-12-7-13-2-6(10)4-15(13)8(11)14(12)3-5/h1-4H. The lowest BCUT2D eigenvalue weighted by atomic mass is 10.1. The summed E-state index contributed by atoms with van der Waals surface area (Å²) in [5, 5.41) is 0. The molecule has 3 heterocycles. The molecule has 0 aliphatic carbocycles. The molecule has 9 heteroatoms. The van der Waals surface area contributed by atoms with Crippen LogP contribution in [0.15, 0.2) is 33.7 Å². The van der Waals surface area contributed by atoms with Crippen molar-refractivity contribution in [2.45, 2.75) is 0 Å². The van der Waals surface area contributed by atoms with Crippen LogP contribution in [0.5, 0.6) is 0 Å². The zero-order valence-corrected chi connectivity index (χ0v) is 12.1. The summed E-state index contributed by atoms with van der Waals surface area (Å²) in [7, 11) is 1.99. The van der Waals surface area contributed by atoms with Crippen LogP contribution in [0.3, 0.4) is 0 Å². The quantitative estimate of drug-likeness (QED) is 0.577. The van der Waals surface area contributed by atoms with Crippen LogP contribution >= 0.6 is 47.6 Å². The van der Waals surface area contributed by atoms with Crippen molar-refractivity contribution < 1.29 is 9.19 Å². The van der Waals surface area contributed by atoms with Crippen molar-refractivity contribution in [3.8, 4) is 0 Å². The van der Waals surface area contributed by atoms with Crippen LogP contribution in [-0.2, 0) is 0 Å². The van der Waals surface area contributed by atoms with E-state index in [9.17, 15) is 0 Å². The minimum atomic E-state index is 0.0695. The minimum absolute atomic E-state index is 0.0695. The van der Waals surface area contributed by atoms with Gasteiger partial charge >= 0.3 is 7.55 Å². The molecule has 0 unspecified atom stereocenters. The normalized spacial score (nSPS) is 15.1. The minimum Gasteiger partial charge on any atom is -0.372 e. The Hall–Kier alpha value is -0.0101. The Bertz CT molecular complexity index is 490. The first-order valence-electron chi connectivity index (χ1n) is 4.22. The molecule has 75 valence electrons. The molecular formula is C6H4B2Br3N4. The Kier molecular flexibility index (Phi) is 2.37. The third kappa shape index (κ3) is 1.55. The molecule has 1 aliphatic heterocycles. The van der Waals surface area contributed by atoms with Crippen molar-refractivity contribution in [2.24, 2.45) is 0 Å². The summed E-state index contributed by atoms with van der Waals surface area (Å²) in [5.41, 5.74) is 0. The van der Waals surface area contributed by atoms with E-state index < -0.39 is 0 Å². The Balaban J connectivity index is 2.17. The average Bonchev–Trinajstić information content (AvgIpc) is 2.69. The maximum absolute atomic E-state index is 3.64. The SMILES string of the molecule is Br[B-]1n2cc(Br)c[n+]2[B-][n+]2cc(Br)cn21. The van der Waals surface area contributed by atoms with Crippen LogP contribution in [0.2, 0.25) is 0 Å². The molecule has 0 N–H and O–H groups in total. The fraction of sp³-hybridized carbons (Fsp3) is 0. The summed E-state index contributed by atoms with van der Waals surface area (Å²) in [4.78, 5) is 0. The van der Waals surface area contributed by atoms with Gasteiger partial charge in [-0.2, -0.15) is 0 Å². The van der Waals surface area contributed by atoms with Crippen molar-refractivity contribution in [2.75, 3.05) is 0 Å². The molecule has 0 saturated carbocycles. The fourth-order valence-electron chi connectivity index (χ4n) is 1.61. The summed E-state index contributed by atoms with van der Waals surface area (Å²) >= 11 is 10.5. The lowest BCUT2D eigenvalue weighted by molar-refractivity contribution is -0.743. The predicted octanol–water partition coefficient (Wildman–Crippen LogP) is 0.410. The molecule has 3 radical (unpaired) electrons. The molecule has 1 aliphatic rings. The van der Waals surface area contributed by atoms with E-state index in [0.29, 0.717) is 0 Å². The Morgan fingerprint density at radius 2 is 1.53 bits per heavy atom. The molecule has 0 spiro atoms. The molecule has 0 fully saturated rings. The summed E-state index contributed by atoms with van der Waals surface area (Å²) in [5.74, 6) is 0.0695. The van der Waals surface area contributed by atoms with Gasteiger partial charge in [-0.3, -0.25) is 0 Å². The van der Waals surface area contributed by atoms with Crippen molar-refractivity contribution in [3.63, 3.8) is 0 Å². The van der Waals surface area contributed by atoms with Gasteiger partial charge in [0.05, 0.1) is 8.95 Å². The second kappa shape index (κ2) is 3.49. The van der Waals surface area contributed by atoms with Gasteiger partial charge in [-0.05, 0) is 31.9 Å². The number of hydrogen-bond donors (Lipinski definition) is 0. The number of rotatable bonds is 0. The zero-order valence-electron chi connectivity index (χ0n) is 7.39. The number of halogens is 3. The van der Waals surface area contributed by atoms with Gasteiger partial charge in [0.25, 0.3) is 5.81 Å². The van der Waals surface area contributed by atoms with Gasteiger partial charge in [-0.25, -0.2) is 0 Å². The molecule has 0 aromatic carbocycles. The van der Waals surface area contributed by atoms with Crippen LogP contribution in [-0.4, -0.2) is 22.5 Å². The van der Waals surface area contributed by atoms with Crippen molar-refractivity contribution in [3.05, 3.63) is 33.7 Å². The molecule has 15 heavy (non-hydrogen) atoms. The number of fused-ring (bicyclic) bond motifs is 2. The zero-order chi connectivity index (χ0) is 10.6. The van der Waals surface area contributed by atoms with Gasteiger partial charge in [-0.15, -0.1) is 0 Å². The monoisotopic (exact) mass is 391 g/mol. The Morgan fingerprint density at radius 3 is 2.00 bits per heavy atom. The van der Waals surface area contributed by atoms with E-state index in [1.54, 1.807) is 0 Å². The second-order valence-electron chi connectivity index (χ2n) is 3.23. The van der Waals surface area contributed by atoms with Crippen LogP contribution in [0.1, 0.15) is 0 Å². The maximum atomic E-state index is 3.64. The van der Waals surface area contributed by atoms with Gasteiger partial charge in [0.15, 0.2) is 12.4 Å². The second-order valence-corrected chi connectivity index (χ2v) is 5.88. The highest BCUT2D eigenvalue weighted by Gasteiger charge is 2.23. The fourth-order valence-corrected chi connectivity index (χ4v) is 3.11. The van der Waals surface area contributed by atoms with Crippen molar-refractivity contribution >= 4 is 61.0 Å². The molecule has 3 rings (SSSR count). The molecule has 0 saturated heterocycles. The lowest BCUT2D eigenvalue weighted by Crippen LogP contribution is -2.74. The molecular weight excluding hydrogens is 389 g/mol. The van der Waals surface area contributed by atoms with Crippen LogP contribution < -0.4 is 9.19 Å². The molecule has 2 aromatic heterocycles. The van der Waals surface area contributed by atoms with Gasteiger partial charge < -0.3 is 34.1 Å². The summed E-state index contributed by atoms with van der Waals surface area (Å²) in [6.07, 6.45) is 8.05. The molecule has 0 atom stereocenters. The highest BCUT2D eigenvalue weighted by atomic mass is 79.9. The van der Waals surface area contributed by atoms with E-state index in [1.807, 2.05) is 41.5 Å². The van der Waals surface area contributed by atoms with Crippen LogP contribution in [0.4, 0.5) is 0 Å². The third-order valence-electron chi connectivity index (χ3n) is 2.23. The van der Waals surface area contributed by atoms with E-state index in [4.69, 9.17) is 0 Å². The number of hydrogen-bond acceptors (Lipinski definition) is 0. The Labute approximate surface area is 112 Å². The number of nitrogens with zero attached hydrogens (tertiary/aromatic N) is 4. The average molecular weight is 393 g/mol. The summed E-state index contributed by atoms with van der Waals surface area (Å²) in [6, 6.07) is 0. The first-order chi connectivity index (χ1) is 7.15. The first kappa shape index (κ1) is 10.2. The van der Waals surface area contributed by atoms with Gasteiger partial charge in [-0.1, -0.05) is 0 Å². The highest BCUT2D eigenvalue weighted by Crippen LogP contribution is 2.12. The van der Waals surface area contributed by atoms with Gasteiger partial charge in [0, 0.05) is 12.4 Å². The summed E-state index contributed by atoms with van der Waals surface area (Å²) < 4.78 is 10.3. The molecule has 4 nitrogen and oxygen atoms in total. The van der Waals surface area contributed by atoms with E-state index in [-0.39, 0.29) is 5.81 Å². The largest absolute Gasteiger partial charge is 0.566 e. The van der Waals surface area contributed by atoms with Crippen molar-refractivity contribution in [1.82, 2.24) is 9.19 Å². The van der Waals surface area contributed by atoms with E-state index in [0.717, 1.165) is 8.95 Å². The summed E-state index contributed by atoms with van der Waals surface area (Å²) in [6.45, 7) is 0. The lowest BCUT2D eigenvalue weighted by Gasteiger charge is -2.30. The highest BCUT2D eigenvalue weighted by molar-refractivity contribution is 9.24. The number of aromatic nitrogens is 4. The van der Waals surface area contributed by atoms with E-state index >= 15 is 0 Å². The predicted molar refractivity (Wildman–Crippen MR) is 66.7 cm³/mol. The Morgan fingerprint density at radius 1 is 1.07 bits per heavy atom. The smallest absolute Gasteiger partial charge is 0.372 e. The topological polar surface area (TPSA) is 17.6 Å². The maximum Gasteiger partial charge on any atom is 0.566 e. The van der Waals surface area contributed by atoms with Gasteiger partial charge in [0.2, 0.25) is 0 Å². The molecule has 0 bridgehead atoms. The van der Waals surface area contributed by atoms with Crippen LogP contribution in [0, 0.1) is 0 Å². The van der Waals surface area contributed by atoms with E-state index in [1.165, 1.54) is 0 Å². The van der Waals surface area contributed by atoms with Crippen LogP contribution in [0.25, 0.3) is 0 Å².